The Morgan fingerprint density at radius 2 is 1.83 bits per heavy atom. The minimum atomic E-state index is 0.0566. The van der Waals surface area contributed by atoms with E-state index < -0.39 is 0 Å². The predicted molar refractivity (Wildman–Crippen MR) is 96.7 cm³/mol. The molecule has 0 saturated carbocycles. The van der Waals surface area contributed by atoms with E-state index >= 15 is 0 Å². The van der Waals surface area contributed by atoms with Crippen molar-refractivity contribution < 1.29 is 9.53 Å². The minimum Gasteiger partial charge on any atom is -0.491 e. The van der Waals surface area contributed by atoms with Crippen LogP contribution in [-0.4, -0.2) is 17.8 Å². The SMILES string of the molecule is CC(C)Oc1cccc(CNC(=O)CSCc2ccccc2)c1. The lowest BCUT2D eigenvalue weighted by Gasteiger charge is -2.11. The number of amides is 1. The molecule has 0 aromatic heterocycles. The molecule has 3 nitrogen and oxygen atoms in total. The molecular formula is C19H23NO2S. The van der Waals surface area contributed by atoms with Gasteiger partial charge < -0.3 is 10.1 Å². The summed E-state index contributed by atoms with van der Waals surface area (Å²) in [6.07, 6.45) is 0.147. The zero-order valence-corrected chi connectivity index (χ0v) is 14.4. The van der Waals surface area contributed by atoms with Crippen LogP contribution in [0.5, 0.6) is 5.75 Å². The summed E-state index contributed by atoms with van der Waals surface area (Å²) in [6.45, 7) is 4.52. The largest absolute Gasteiger partial charge is 0.491 e. The summed E-state index contributed by atoms with van der Waals surface area (Å²) in [5, 5.41) is 2.95. The summed E-state index contributed by atoms with van der Waals surface area (Å²) in [4.78, 5) is 11.9. The molecule has 0 heterocycles. The van der Waals surface area contributed by atoms with E-state index in [4.69, 9.17) is 4.74 Å². The quantitative estimate of drug-likeness (QED) is 0.795. The topological polar surface area (TPSA) is 38.3 Å². The van der Waals surface area contributed by atoms with Gasteiger partial charge in [-0.25, -0.2) is 0 Å². The molecule has 0 aliphatic carbocycles. The molecule has 2 aromatic carbocycles. The molecule has 0 spiro atoms. The monoisotopic (exact) mass is 329 g/mol. The number of carbonyl (C=O) groups is 1. The number of hydrogen-bond acceptors (Lipinski definition) is 3. The number of benzene rings is 2. The Hall–Kier alpha value is -1.94. The van der Waals surface area contributed by atoms with E-state index in [9.17, 15) is 4.79 Å². The third-order valence-electron chi connectivity index (χ3n) is 3.10. The molecule has 4 heteroatoms. The van der Waals surface area contributed by atoms with Gasteiger partial charge in [-0.3, -0.25) is 4.79 Å². The van der Waals surface area contributed by atoms with Crippen LogP contribution >= 0.6 is 11.8 Å². The van der Waals surface area contributed by atoms with Crippen molar-refractivity contribution in [1.29, 1.82) is 0 Å². The highest BCUT2D eigenvalue weighted by Crippen LogP contribution is 2.15. The Labute approximate surface area is 142 Å². The maximum Gasteiger partial charge on any atom is 0.230 e. The van der Waals surface area contributed by atoms with Gasteiger partial charge in [-0.15, -0.1) is 11.8 Å². The van der Waals surface area contributed by atoms with Crippen molar-refractivity contribution in [2.24, 2.45) is 0 Å². The molecule has 122 valence electrons. The van der Waals surface area contributed by atoms with Crippen molar-refractivity contribution in [1.82, 2.24) is 5.32 Å². The van der Waals surface area contributed by atoms with Crippen LogP contribution in [0.4, 0.5) is 0 Å². The average molecular weight is 329 g/mol. The van der Waals surface area contributed by atoms with Crippen LogP contribution in [0, 0.1) is 0 Å². The summed E-state index contributed by atoms with van der Waals surface area (Å²) in [6, 6.07) is 18.0. The van der Waals surface area contributed by atoms with Gasteiger partial charge in [0.2, 0.25) is 5.91 Å². The van der Waals surface area contributed by atoms with Gasteiger partial charge in [0.1, 0.15) is 5.75 Å². The van der Waals surface area contributed by atoms with E-state index in [1.807, 2.05) is 56.3 Å². The van der Waals surface area contributed by atoms with Gasteiger partial charge in [-0.1, -0.05) is 42.5 Å². The normalized spacial score (nSPS) is 10.6. The average Bonchev–Trinajstić information content (AvgIpc) is 2.54. The molecule has 2 rings (SSSR count). The molecule has 0 saturated heterocycles. The molecular weight excluding hydrogens is 306 g/mol. The first-order valence-corrected chi connectivity index (χ1v) is 8.93. The standard InChI is InChI=1S/C19H23NO2S/c1-15(2)22-18-10-6-9-17(11-18)12-20-19(21)14-23-13-16-7-4-3-5-8-16/h3-11,15H,12-14H2,1-2H3,(H,20,21). The van der Waals surface area contributed by atoms with Crippen molar-refractivity contribution in [3.8, 4) is 5.75 Å². The van der Waals surface area contributed by atoms with Crippen LogP contribution in [0.2, 0.25) is 0 Å². The molecule has 0 bridgehead atoms. The fourth-order valence-corrected chi connectivity index (χ4v) is 2.91. The Morgan fingerprint density at radius 1 is 1.09 bits per heavy atom. The van der Waals surface area contributed by atoms with Gasteiger partial charge in [0.15, 0.2) is 0 Å². The van der Waals surface area contributed by atoms with E-state index in [0.29, 0.717) is 12.3 Å². The number of ether oxygens (including phenoxy) is 1. The van der Waals surface area contributed by atoms with Crippen molar-refractivity contribution in [3.05, 3.63) is 65.7 Å². The second kappa shape index (κ2) is 9.26. The van der Waals surface area contributed by atoms with Gasteiger partial charge in [0, 0.05) is 12.3 Å². The van der Waals surface area contributed by atoms with Crippen LogP contribution < -0.4 is 10.1 Å². The third kappa shape index (κ3) is 6.78. The lowest BCUT2D eigenvalue weighted by atomic mass is 10.2. The summed E-state index contributed by atoms with van der Waals surface area (Å²) < 4.78 is 5.66. The van der Waals surface area contributed by atoms with Crippen molar-refractivity contribution in [2.75, 3.05) is 5.75 Å². The van der Waals surface area contributed by atoms with Gasteiger partial charge in [-0.2, -0.15) is 0 Å². The molecule has 0 aliphatic heterocycles. The Balaban J connectivity index is 1.71. The fourth-order valence-electron chi connectivity index (χ4n) is 2.09. The number of carbonyl (C=O) groups excluding carboxylic acids is 1. The highest BCUT2D eigenvalue weighted by atomic mass is 32.2. The second-order valence-electron chi connectivity index (χ2n) is 5.57. The molecule has 0 aliphatic rings. The van der Waals surface area contributed by atoms with Crippen LogP contribution in [0.3, 0.4) is 0 Å². The molecule has 1 amide bonds. The van der Waals surface area contributed by atoms with Gasteiger partial charge in [-0.05, 0) is 37.1 Å². The second-order valence-corrected chi connectivity index (χ2v) is 6.55. The van der Waals surface area contributed by atoms with Crippen LogP contribution in [0.1, 0.15) is 25.0 Å². The maximum absolute atomic E-state index is 11.9. The van der Waals surface area contributed by atoms with E-state index in [-0.39, 0.29) is 12.0 Å². The molecule has 2 aromatic rings. The Morgan fingerprint density at radius 3 is 2.57 bits per heavy atom. The lowest BCUT2D eigenvalue weighted by Crippen LogP contribution is -2.24. The molecule has 0 atom stereocenters. The lowest BCUT2D eigenvalue weighted by molar-refractivity contribution is -0.118. The van der Waals surface area contributed by atoms with Gasteiger partial charge in [0.05, 0.1) is 11.9 Å². The molecule has 0 radical (unpaired) electrons. The van der Waals surface area contributed by atoms with Crippen LogP contribution in [0.25, 0.3) is 0 Å². The van der Waals surface area contributed by atoms with E-state index in [2.05, 4.69) is 17.4 Å². The van der Waals surface area contributed by atoms with E-state index in [1.165, 1.54) is 5.56 Å². The first-order chi connectivity index (χ1) is 11.1. The zero-order valence-electron chi connectivity index (χ0n) is 13.6. The van der Waals surface area contributed by atoms with Crippen molar-refractivity contribution in [2.45, 2.75) is 32.2 Å². The molecule has 0 fully saturated rings. The molecule has 23 heavy (non-hydrogen) atoms. The minimum absolute atomic E-state index is 0.0566. The van der Waals surface area contributed by atoms with Crippen molar-refractivity contribution in [3.63, 3.8) is 0 Å². The number of nitrogens with one attached hydrogen (secondary N) is 1. The number of rotatable bonds is 8. The Kier molecular flexibility index (Phi) is 7.01. The van der Waals surface area contributed by atoms with Crippen LogP contribution in [0.15, 0.2) is 54.6 Å². The zero-order chi connectivity index (χ0) is 16.5. The summed E-state index contributed by atoms with van der Waals surface area (Å²) in [5.74, 6) is 2.22. The Bertz CT molecular complexity index is 614. The summed E-state index contributed by atoms with van der Waals surface area (Å²) in [5.41, 5.74) is 2.29. The number of hydrogen-bond donors (Lipinski definition) is 1. The third-order valence-corrected chi connectivity index (χ3v) is 4.11. The fraction of sp³-hybridized carbons (Fsp3) is 0.316. The highest BCUT2D eigenvalue weighted by Gasteiger charge is 2.04. The summed E-state index contributed by atoms with van der Waals surface area (Å²) >= 11 is 1.62. The first-order valence-electron chi connectivity index (χ1n) is 7.77. The van der Waals surface area contributed by atoms with E-state index in [0.717, 1.165) is 17.1 Å². The highest BCUT2D eigenvalue weighted by molar-refractivity contribution is 7.99. The summed E-state index contributed by atoms with van der Waals surface area (Å²) in [7, 11) is 0. The predicted octanol–water partition coefficient (Wildman–Crippen LogP) is 4.02. The van der Waals surface area contributed by atoms with Crippen molar-refractivity contribution >= 4 is 17.7 Å². The van der Waals surface area contributed by atoms with Gasteiger partial charge >= 0.3 is 0 Å². The van der Waals surface area contributed by atoms with Gasteiger partial charge in [0.25, 0.3) is 0 Å². The molecule has 1 N–H and O–H groups in total. The smallest absolute Gasteiger partial charge is 0.230 e. The van der Waals surface area contributed by atoms with E-state index in [1.54, 1.807) is 11.8 Å². The first kappa shape index (κ1) is 17.4. The molecule has 0 unspecified atom stereocenters. The number of thioether (sulfide) groups is 1. The maximum atomic E-state index is 11.9. The van der Waals surface area contributed by atoms with Crippen LogP contribution in [-0.2, 0) is 17.1 Å².